The first-order valence-corrected chi connectivity index (χ1v) is 9.54. The van der Waals surface area contributed by atoms with Gasteiger partial charge in [-0.2, -0.15) is 13.2 Å². The number of amides is 1. The quantitative estimate of drug-likeness (QED) is 0.491. The van der Waals surface area contributed by atoms with Crippen LogP contribution in [0.25, 0.3) is 0 Å². The first-order valence-electron chi connectivity index (χ1n) is 8.79. The maximum Gasteiger partial charge on any atom is 0.435 e. The van der Waals surface area contributed by atoms with E-state index in [4.69, 9.17) is 33.8 Å². The Kier molecular flexibility index (Phi) is 6.20. The fraction of sp³-hybridized carbons (Fsp3) is 0.250. The molecule has 0 bridgehead atoms. The van der Waals surface area contributed by atoms with Crippen LogP contribution in [-0.4, -0.2) is 31.1 Å². The summed E-state index contributed by atoms with van der Waals surface area (Å²) in [5.74, 6) is -0.695. The van der Waals surface area contributed by atoms with E-state index in [1.54, 1.807) is 6.92 Å². The van der Waals surface area contributed by atoms with Gasteiger partial charge in [0, 0.05) is 38.7 Å². The maximum atomic E-state index is 14.2. The molecule has 1 unspecified atom stereocenters. The summed E-state index contributed by atoms with van der Waals surface area (Å²) in [6.45, 7) is 1.59. The highest BCUT2D eigenvalue weighted by atomic mass is 35.5. The number of rotatable bonds is 5. The van der Waals surface area contributed by atoms with Gasteiger partial charge in [0.05, 0.1) is 11.9 Å². The van der Waals surface area contributed by atoms with Crippen molar-refractivity contribution < 1.29 is 27.6 Å². The minimum atomic E-state index is -4.84. The van der Waals surface area contributed by atoms with Crippen molar-refractivity contribution in [2.75, 3.05) is 7.11 Å². The SMILES string of the molecule is CON=Cc1c(C2=NOC(c3cc(Cl)cc(Cl)c3)(C(F)(F)F)C2)ccc(C(N)=O)c1C. The molecule has 0 aromatic heterocycles. The normalized spacial score (nSPS) is 18.7. The van der Waals surface area contributed by atoms with Crippen LogP contribution in [0, 0.1) is 6.92 Å². The summed E-state index contributed by atoms with van der Waals surface area (Å²) >= 11 is 11.8. The molecule has 2 aromatic rings. The third-order valence-corrected chi connectivity index (χ3v) is 5.33. The molecule has 2 N–H and O–H groups in total. The van der Waals surface area contributed by atoms with E-state index in [1.165, 1.54) is 31.5 Å². The Labute approximate surface area is 185 Å². The molecule has 11 heteroatoms. The number of halogens is 5. The first kappa shape index (κ1) is 22.9. The van der Waals surface area contributed by atoms with E-state index in [-0.39, 0.29) is 32.4 Å². The first-order chi connectivity index (χ1) is 14.5. The lowest BCUT2D eigenvalue weighted by Crippen LogP contribution is -2.42. The Balaban J connectivity index is 2.13. The molecule has 6 nitrogen and oxygen atoms in total. The van der Waals surface area contributed by atoms with Crippen molar-refractivity contribution in [3.05, 3.63) is 68.2 Å². The zero-order valence-corrected chi connectivity index (χ0v) is 17.8. The average Bonchev–Trinajstić information content (AvgIpc) is 3.12. The summed E-state index contributed by atoms with van der Waals surface area (Å²) in [5, 5.41) is 7.46. The van der Waals surface area contributed by atoms with Crippen LogP contribution in [0.4, 0.5) is 13.2 Å². The predicted molar refractivity (Wildman–Crippen MR) is 111 cm³/mol. The number of hydrogen-bond acceptors (Lipinski definition) is 5. The summed E-state index contributed by atoms with van der Waals surface area (Å²) in [4.78, 5) is 21.4. The van der Waals surface area contributed by atoms with Gasteiger partial charge in [-0.05, 0) is 36.8 Å². The fourth-order valence-corrected chi connectivity index (χ4v) is 3.88. The van der Waals surface area contributed by atoms with Crippen LogP contribution in [0.15, 0.2) is 40.6 Å². The second-order valence-electron chi connectivity index (χ2n) is 6.77. The van der Waals surface area contributed by atoms with Gasteiger partial charge < -0.3 is 15.4 Å². The Hall–Kier alpha value is -2.78. The zero-order valence-electron chi connectivity index (χ0n) is 16.3. The Morgan fingerprint density at radius 3 is 2.48 bits per heavy atom. The molecule has 3 rings (SSSR count). The van der Waals surface area contributed by atoms with E-state index in [9.17, 15) is 18.0 Å². The Bertz CT molecular complexity index is 1080. The van der Waals surface area contributed by atoms with E-state index in [0.29, 0.717) is 11.1 Å². The zero-order chi connectivity index (χ0) is 23.0. The highest BCUT2D eigenvalue weighted by Crippen LogP contribution is 2.50. The van der Waals surface area contributed by atoms with Crippen LogP contribution in [0.1, 0.15) is 39.0 Å². The molecule has 0 aliphatic carbocycles. The lowest BCUT2D eigenvalue weighted by Gasteiger charge is -2.29. The molecule has 2 aromatic carbocycles. The van der Waals surface area contributed by atoms with Gasteiger partial charge in [0.15, 0.2) is 0 Å². The summed E-state index contributed by atoms with van der Waals surface area (Å²) in [6.07, 6.45) is -4.23. The summed E-state index contributed by atoms with van der Waals surface area (Å²) in [6, 6.07) is 6.42. The maximum absolute atomic E-state index is 14.2. The smallest absolute Gasteiger partial charge is 0.399 e. The number of carbonyl (C=O) groups is 1. The minimum absolute atomic E-state index is 0.00917. The number of carbonyl (C=O) groups excluding carboxylic acids is 1. The molecule has 0 saturated carbocycles. The molecular formula is C20H16Cl2F3N3O3. The second-order valence-corrected chi connectivity index (χ2v) is 7.64. The number of alkyl halides is 3. The largest absolute Gasteiger partial charge is 0.435 e. The van der Waals surface area contributed by atoms with Gasteiger partial charge in [0.25, 0.3) is 5.60 Å². The monoisotopic (exact) mass is 473 g/mol. The fourth-order valence-electron chi connectivity index (χ4n) is 3.35. The van der Waals surface area contributed by atoms with Gasteiger partial charge in [-0.25, -0.2) is 0 Å². The number of nitrogens with zero attached hydrogens (tertiary/aromatic N) is 2. The number of benzene rings is 2. The standard InChI is InChI=1S/C20H16Cl2F3N3O3/c1-10-14(18(26)29)3-4-15(16(10)9-27-30-2)17-8-19(31-28-17,20(23,24)25)11-5-12(21)7-13(22)6-11/h3-7,9H,8H2,1-2H3,(H2,26,29). The minimum Gasteiger partial charge on any atom is -0.399 e. The van der Waals surface area contributed by atoms with E-state index in [0.717, 1.165) is 12.1 Å². The van der Waals surface area contributed by atoms with Crippen molar-refractivity contribution in [1.82, 2.24) is 0 Å². The van der Waals surface area contributed by atoms with E-state index < -0.39 is 24.1 Å². The van der Waals surface area contributed by atoms with Crippen molar-refractivity contribution in [3.63, 3.8) is 0 Å². The highest BCUT2D eigenvalue weighted by molar-refractivity contribution is 6.34. The third-order valence-electron chi connectivity index (χ3n) is 4.89. The van der Waals surface area contributed by atoms with Crippen molar-refractivity contribution >= 4 is 41.0 Å². The number of primary amides is 1. The lowest BCUT2D eigenvalue weighted by atomic mass is 9.84. The molecule has 1 aliphatic rings. The van der Waals surface area contributed by atoms with Crippen LogP contribution >= 0.6 is 23.2 Å². The van der Waals surface area contributed by atoms with Crippen molar-refractivity contribution in [2.45, 2.75) is 25.1 Å². The molecule has 0 saturated heterocycles. The van der Waals surface area contributed by atoms with Gasteiger partial charge in [0.1, 0.15) is 7.11 Å². The molecule has 1 aliphatic heterocycles. The van der Waals surface area contributed by atoms with Crippen molar-refractivity contribution in [3.8, 4) is 0 Å². The number of hydrogen-bond donors (Lipinski definition) is 1. The number of nitrogens with two attached hydrogens (primary N) is 1. The van der Waals surface area contributed by atoms with Crippen LogP contribution in [0.2, 0.25) is 10.0 Å². The lowest BCUT2D eigenvalue weighted by molar-refractivity contribution is -0.275. The van der Waals surface area contributed by atoms with Crippen LogP contribution in [0.3, 0.4) is 0 Å². The average molecular weight is 474 g/mol. The molecule has 0 radical (unpaired) electrons. The molecule has 31 heavy (non-hydrogen) atoms. The Morgan fingerprint density at radius 1 is 1.29 bits per heavy atom. The van der Waals surface area contributed by atoms with Crippen LogP contribution in [0.5, 0.6) is 0 Å². The molecule has 1 amide bonds. The van der Waals surface area contributed by atoms with E-state index in [2.05, 4.69) is 15.1 Å². The molecule has 164 valence electrons. The highest BCUT2D eigenvalue weighted by Gasteiger charge is 2.62. The molecule has 1 atom stereocenters. The van der Waals surface area contributed by atoms with E-state index >= 15 is 0 Å². The summed E-state index contributed by atoms with van der Waals surface area (Å²) in [7, 11) is 1.30. The predicted octanol–water partition coefficient (Wildman–Crippen LogP) is 4.96. The van der Waals surface area contributed by atoms with E-state index in [1.807, 2.05) is 0 Å². The number of oxime groups is 2. The third kappa shape index (κ3) is 4.20. The van der Waals surface area contributed by atoms with Gasteiger partial charge >= 0.3 is 6.18 Å². The Morgan fingerprint density at radius 2 is 1.94 bits per heavy atom. The van der Waals surface area contributed by atoms with Crippen molar-refractivity contribution in [2.24, 2.45) is 16.0 Å². The molecule has 1 heterocycles. The summed E-state index contributed by atoms with van der Waals surface area (Å²) in [5.41, 5.74) is 3.49. The van der Waals surface area contributed by atoms with Gasteiger partial charge in [0.2, 0.25) is 5.91 Å². The van der Waals surface area contributed by atoms with Crippen LogP contribution in [-0.2, 0) is 15.3 Å². The molecule has 0 spiro atoms. The second kappa shape index (κ2) is 8.39. The molecule has 0 fully saturated rings. The van der Waals surface area contributed by atoms with Gasteiger partial charge in [-0.15, -0.1) is 0 Å². The molecular weight excluding hydrogens is 458 g/mol. The topological polar surface area (TPSA) is 86.3 Å². The summed E-state index contributed by atoms with van der Waals surface area (Å²) < 4.78 is 42.6. The van der Waals surface area contributed by atoms with Crippen molar-refractivity contribution in [1.29, 1.82) is 0 Å². The van der Waals surface area contributed by atoms with Crippen LogP contribution < -0.4 is 5.73 Å². The van der Waals surface area contributed by atoms with Gasteiger partial charge in [-0.3, -0.25) is 4.79 Å². The van der Waals surface area contributed by atoms with Gasteiger partial charge in [-0.1, -0.05) is 39.6 Å².